The third-order valence-electron chi connectivity index (χ3n) is 4.16. The lowest BCUT2D eigenvalue weighted by Crippen LogP contribution is -2.19. The summed E-state index contributed by atoms with van der Waals surface area (Å²) in [6.45, 7) is 0. The molecular formula is C16H18N6O2S. The van der Waals surface area contributed by atoms with E-state index in [1.807, 2.05) is 10.7 Å². The molecule has 3 aromatic heterocycles. The van der Waals surface area contributed by atoms with Crippen molar-refractivity contribution in [3.63, 3.8) is 0 Å². The third-order valence-corrected chi connectivity index (χ3v) is 5.01. The molecule has 0 spiro atoms. The highest BCUT2D eigenvalue weighted by molar-refractivity contribution is 7.99. The van der Waals surface area contributed by atoms with Gasteiger partial charge in [-0.15, -0.1) is 5.10 Å². The number of anilines is 1. The Morgan fingerprint density at radius 1 is 1.40 bits per heavy atom. The Morgan fingerprint density at radius 3 is 3.08 bits per heavy atom. The molecule has 0 bridgehead atoms. The average molecular weight is 358 g/mol. The van der Waals surface area contributed by atoms with Gasteiger partial charge in [-0.05, 0) is 25.0 Å². The molecule has 1 aliphatic rings. The van der Waals surface area contributed by atoms with Crippen LogP contribution in [0.2, 0.25) is 0 Å². The second kappa shape index (κ2) is 7.14. The molecule has 0 saturated heterocycles. The van der Waals surface area contributed by atoms with E-state index in [4.69, 9.17) is 4.42 Å². The first-order valence-electron chi connectivity index (χ1n) is 8.22. The van der Waals surface area contributed by atoms with Gasteiger partial charge in [0.25, 0.3) is 0 Å². The zero-order chi connectivity index (χ0) is 17.1. The van der Waals surface area contributed by atoms with Gasteiger partial charge in [0.2, 0.25) is 11.1 Å². The van der Waals surface area contributed by atoms with E-state index in [2.05, 4.69) is 25.6 Å². The highest BCUT2D eigenvalue weighted by atomic mass is 32.2. The number of amides is 1. The topological polar surface area (TPSA) is 102 Å². The van der Waals surface area contributed by atoms with Gasteiger partial charge in [0, 0.05) is 6.07 Å². The molecule has 1 amide bonds. The van der Waals surface area contributed by atoms with Gasteiger partial charge in [0.05, 0.1) is 24.3 Å². The summed E-state index contributed by atoms with van der Waals surface area (Å²) in [7, 11) is 0. The Kier molecular flexibility index (Phi) is 4.55. The number of rotatable bonds is 6. The van der Waals surface area contributed by atoms with Crippen LogP contribution in [0, 0.1) is 0 Å². The molecule has 3 aromatic rings. The standard InChI is InChI=1S/C16H18N6O2S/c23-14(18-13-7-8-17-22(13)11-4-1-2-5-11)10-25-16-19-15(20-21-16)12-6-3-9-24-12/h3,6-9,11H,1-2,4-5,10H2,(H,18,23)(H,19,20,21). The number of carbonyl (C=O) groups excluding carboxylic acids is 1. The quantitative estimate of drug-likeness (QED) is 0.657. The van der Waals surface area contributed by atoms with Gasteiger partial charge in [-0.2, -0.15) is 10.1 Å². The summed E-state index contributed by atoms with van der Waals surface area (Å²) < 4.78 is 7.19. The molecule has 3 heterocycles. The van der Waals surface area contributed by atoms with E-state index < -0.39 is 0 Å². The molecule has 130 valence electrons. The molecule has 25 heavy (non-hydrogen) atoms. The fraction of sp³-hybridized carbons (Fsp3) is 0.375. The maximum atomic E-state index is 12.2. The summed E-state index contributed by atoms with van der Waals surface area (Å²) in [4.78, 5) is 16.5. The molecule has 2 N–H and O–H groups in total. The number of furan rings is 1. The summed E-state index contributed by atoms with van der Waals surface area (Å²) in [5, 5.41) is 14.7. The minimum Gasteiger partial charge on any atom is -0.461 e. The molecule has 9 heteroatoms. The molecule has 0 unspecified atom stereocenters. The number of aromatic nitrogens is 5. The van der Waals surface area contributed by atoms with Crippen molar-refractivity contribution in [2.24, 2.45) is 0 Å². The highest BCUT2D eigenvalue weighted by Gasteiger charge is 2.20. The fourth-order valence-electron chi connectivity index (χ4n) is 3.00. The number of carbonyl (C=O) groups is 1. The number of hydrogen-bond acceptors (Lipinski definition) is 6. The van der Waals surface area contributed by atoms with Crippen LogP contribution < -0.4 is 5.32 Å². The number of aromatic amines is 1. The van der Waals surface area contributed by atoms with Gasteiger partial charge in [-0.1, -0.05) is 24.6 Å². The number of nitrogens with zero attached hydrogens (tertiary/aromatic N) is 4. The van der Waals surface area contributed by atoms with Crippen LogP contribution in [0.25, 0.3) is 11.6 Å². The zero-order valence-corrected chi connectivity index (χ0v) is 14.3. The summed E-state index contributed by atoms with van der Waals surface area (Å²) >= 11 is 1.27. The first-order chi connectivity index (χ1) is 12.3. The van der Waals surface area contributed by atoms with Crippen molar-refractivity contribution in [1.29, 1.82) is 0 Å². The second-order valence-electron chi connectivity index (χ2n) is 5.88. The maximum Gasteiger partial charge on any atom is 0.235 e. The second-order valence-corrected chi connectivity index (χ2v) is 6.82. The van der Waals surface area contributed by atoms with Crippen LogP contribution in [0.1, 0.15) is 31.7 Å². The molecular weight excluding hydrogens is 340 g/mol. The molecule has 1 saturated carbocycles. The molecule has 0 aliphatic heterocycles. The first kappa shape index (κ1) is 15.9. The van der Waals surface area contributed by atoms with E-state index in [1.54, 1.807) is 24.6 Å². The SMILES string of the molecule is O=C(CSc1n[nH]c(-c2ccco2)n1)Nc1ccnn1C1CCCC1. The number of hydrogen-bond donors (Lipinski definition) is 2. The van der Waals surface area contributed by atoms with Crippen LogP contribution in [-0.4, -0.2) is 36.6 Å². The van der Waals surface area contributed by atoms with E-state index in [-0.39, 0.29) is 11.7 Å². The largest absolute Gasteiger partial charge is 0.461 e. The molecule has 8 nitrogen and oxygen atoms in total. The van der Waals surface area contributed by atoms with Crippen molar-refractivity contribution in [2.75, 3.05) is 11.1 Å². The van der Waals surface area contributed by atoms with Crippen LogP contribution >= 0.6 is 11.8 Å². The lowest BCUT2D eigenvalue weighted by Gasteiger charge is -2.14. The van der Waals surface area contributed by atoms with E-state index in [9.17, 15) is 4.79 Å². The normalized spacial score (nSPS) is 14.9. The smallest absolute Gasteiger partial charge is 0.235 e. The molecule has 0 radical (unpaired) electrons. The molecule has 0 atom stereocenters. The number of H-pyrrole nitrogens is 1. The summed E-state index contributed by atoms with van der Waals surface area (Å²) in [6, 6.07) is 5.81. The van der Waals surface area contributed by atoms with E-state index >= 15 is 0 Å². The Hall–Kier alpha value is -2.55. The average Bonchev–Trinajstić information content (AvgIpc) is 3.40. The lowest BCUT2D eigenvalue weighted by atomic mass is 10.2. The highest BCUT2D eigenvalue weighted by Crippen LogP contribution is 2.31. The molecule has 0 aromatic carbocycles. The van der Waals surface area contributed by atoms with Gasteiger partial charge in [-0.3, -0.25) is 9.89 Å². The van der Waals surface area contributed by atoms with Gasteiger partial charge in [-0.25, -0.2) is 4.68 Å². The Balaban J connectivity index is 1.33. The van der Waals surface area contributed by atoms with Gasteiger partial charge < -0.3 is 9.73 Å². The minimum absolute atomic E-state index is 0.103. The van der Waals surface area contributed by atoms with Gasteiger partial charge >= 0.3 is 0 Å². The van der Waals surface area contributed by atoms with Crippen LogP contribution in [0.15, 0.2) is 40.2 Å². The van der Waals surface area contributed by atoms with Crippen molar-refractivity contribution in [3.8, 4) is 11.6 Å². The van der Waals surface area contributed by atoms with Gasteiger partial charge in [0.15, 0.2) is 11.6 Å². The summed E-state index contributed by atoms with van der Waals surface area (Å²) in [5.41, 5.74) is 0. The van der Waals surface area contributed by atoms with Crippen molar-refractivity contribution < 1.29 is 9.21 Å². The Morgan fingerprint density at radius 2 is 2.28 bits per heavy atom. The van der Waals surface area contributed by atoms with Crippen molar-refractivity contribution in [2.45, 2.75) is 36.9 Å². The van der Waals surface area contributed by atoms with E-state index in [0.29, 0.717) is 22.8 Å². The first-order valence-corrected chi connectivity index (χ1v) is 9.20. The van der Waals surface area contributed by atoms with Crippen LogP contribution in [0.5, 0.6) is 0 Å². The molecule has 1 aliphatic carbocycles. The number of thioether (sulfide) groups is 1. The predicted molar refractivity (Wildman–Crippen MR) is 93.2 cm³/mol. The fourth-order valence-corrected chi connectivity index (χ4v) is 3.59. The summed E-state index contributed by atoms with van der Waals surface area (Å²) in [5.74, 6) is 2.04. The van der Waals surface area contributed by atoms with Crippen LogP contribution in [0.3, 0.4) is 0 Å². The van der Waals surface area contributed by atoms with E-state index in [0.717, 1.165) is 18.7 Å². The minimum atomic E-state index is -0.103. The predicted octanol–water partition coefficient (Wildman–Crippen LogP) is 3.11. The monoisotopic (exact) mass is 358 g/mol. The van der Waals surface area contributed by atoms with Crippen molar-refractivity contribution in [3.05, 3.63) is 30.7 Å². The van der Waals surface area contributed by atoms with Gasteiger partial charge in [0.1, 0.15) is 5.82 Å². The maximum absolute atomic E-state index is 12.2. The molecule has 4 rings (SSSR count). The van der Waals surface area contributed by atoms with Crippen LogP contribution in [0.4, 0.5) is 5.82 Å². The number of nitrogens with one attached hydrogen (secondary N) is 2. The van der Waals surface area contributed by atoms with Crippen LogP contribution in [-0.2, 0) is 4.79 Å². The summed E-state index contributed by atoms with van der Waals surface area (Å²) in [6.07, 6.45) is 7.98. The molecule has 1 fully saturated rings. The lowest BCUT2D eigenvalue weighted by molar-refractivity contribution is -0.113. The van der Waals surface area contributed by atoms with Crippen molar-refractivity contribution in [1.82, 2.24) is 25.0 Å². The van der Waals surface area contributed by atoms with E-state index in [1.165, 1.54) is 24.6 Å². The Labute approximate surface area is 148 Å². The third kappa shape index (κ3) is 3.60. The zero-order valence-electron chi connectivity index (χ0n) is 13.5. The Bertz CT molecular complexity index is 835. The van der Waals surface area contributed by atoms with Crippen molar-refractivity contribution >= 4 is 23.5 Å².